The fraction of sp³-hybridized carbons (Fsp3) is 0.200. The Morgan fingerprint density at radius 1 is 1.33 bits per heavy atom. The molecule has 1 N–H and O–H groups in total. The summed E-state index contributed by atoms with van der Waals surface area (Å²) in [6, 6.07) is 9.29. The van der Waals surface area contributed by atoms with Gasteiger partial charge in [0.2, 0.25) is 0 Å². The van der Waals surface area contributed by atoms with Crippen LogP contribution in [0.25, 0.3) is 0 Å². The van der Waals surface area contributed by atoms with Crippen LogP contribution in [0, 0.1) is 22.9 Å². The molecule has 2 aromatic carbocycles. The third-order valence-corrected chi connectivity index (χ3v) is 3.11. The highest BCUT2D eigenvalue weighted by molar-refractivity contribution is 5.55. The molecule has 0 fully saturated rings. The van der Waals surface area contributed by atoms with Crippen molar-refractivity contribution in [1.82, 2.24) is 0 Å². The zero-order valence-electron chi connectivity index (χ0n) is 11.7. The molecule has 0 amide bonds. The van der Waals surface area contributed by atoms with Crippen LogP contribution in [-0.4, -0.2) is 12.0 Å². The minimum atomic E-state index is -0.476. The largest absolute Gasteiger partial charge is 0.486 e. The Balaban J connectivity index is 2.24. The second kappa shape index (κ2) is 6.21. The topological polar surface area (TPSA) is 64.4 Å². The second-order valence-electron chi connectivity index (χ2n) is 4.52. The quantitative estimate of drug-likeness (QED) is 0.674. The molecule has 2 aromatic rings. The Kier molecular flexibility index (Phi) is 4.37. The van der Waals surface area contributed by atoms with E-state index in [0.29, 0.717) is 16.8 Å². The highest BCUT2D eigenvalue weighted by Crippen LogP contribution is 2.25. The van der Waals surface area contributed by atoms with E-state index in [-0.39, 0.29) is 18.0 Å². The Morgan fingerprint density at radius 3 is 2.76 bits per heavy atom. The number of nitro benzene ring substituents is 1. The lowest BCUT2D eigenvalue weighted by Crippen LogP contribution is -2.03. The third kappa shape index (κ3) is 3.28. The molecule has 0 aromatic heterocycles. The van der Waals surface area contributed by atoms with Gasteiger partial charge >= 0.3 is 0 Å². The fourth-order valence-electron chi connectivity index (χ4n) is 1.94. The van der Waals surface area contributed by atoms with Crippen molar-refractivity contribution in [2.45, 2.75) is 13.5 Å². The SMILES string of the molecule is CNc1ccc([N+](=O)[O-])cc1COc1cccc(C)c1F. The molecule has 0 saturated heterocycles. The number of hydrogen-bond donors (Lipinski definition) is 1. The molecule has 6 heteroatoms. The molecule has 0 spiro atoms. The molecule has 0 bridgehead atoms. The van der Waals surface area contributed by atoms with Crippen molar-refractivity contribution in [3.05, 3.63) is 63.5 Å². The summed E-state index contributed by atoms with van der Waals surface area (Å²) in [6.45, 7) is 1.69. The summed E-state index contributed by atoms with van der Waals surface area (Å²) in [7, 11) is 1.71. The maximum atomic E-state index is 13.8. The Bertz CT molecular complexity index is 674. The summed E-state index contributed by atoms with van der Waals surface area (Å²) < 4.78 is 19.3. The standard InChI is InChI=1S/C15H15FN2O3/c1-10-4-3-5-14(15(10)16)21-9-11-8-12(18(19)20)6-7-13(11)17-2/h3-8,17H,9H2,1-2H3. The van der Waals surface area contributed by atoms with Crippen molar-refractivity contribution in [1.29, 1.82) is 0 Å². The zero-order chi connectivity index (χ0) is 15.4. The number of non-ortho nitro benzene ring substituents is 1. The number of halogens is 1. The number of aryl methyl sites for hydroxylation is 1. The van der Waals surface area contributed by atoms with Crippen LogP contribution >= 0.6 is 0 Å². The first-order chi connectivity index (χ1) is 10.0. The van der Waals surface area contributed by atoms with E-state index in [1.54, 1.807) is 32.2 Å². The van der Waals surface area contributed by atoms with E-state index in [9.17, 15) is 14.5 Å². The Morgan fingerprint density at radius 2 is 2.10 bits per heavy atom. The van der Waals surface area contributed by atoms with Gasteiger partial charge in [-0.05, 0) is 24.6 Å². The second-order valence-corrected chi connectivity index (χ2v) is 4.52. The van der Waals surface area contributed by atoms with Gasteiger partial charge < -0.3 is 10.1 Å². The molecule has 5 nitrogen and oxygen atoms in total. The number of rotatable bonds is 5. The van der Waals surface area contributed by atoms with E-state index in [4.69, 9.17) is 4.74 Å². The normalized spacial score (nSPS) is 10.2. The minimum absolute atomic E-state index is 0.0303. The number of nitrogens with zero attached hydrogens (tertiary/aromatic N) is 1. The smallest absolute Gasteiger partial charge is 0.269 e. The number of nitro groups is 1. The molecule has 110 valence electrons. The van der Waals surface area contributed by atoms with Gasteiger partial charge in [-0.25, -0.2) is 4.39 Å². The van der Waals surface area contributed by atoms with E-state index in [1.807, 2.05) is 0 Å². The van der Waals surface area contributed by atoms with Gasteiger partial charge in [-0.15, -0.1) is 0 Å². The van der Waals surface area contributed by atoms with E-state index in [0.717, 1.165) is 0 Å². The van der Waals surface area contributed by atoms with Gasteiger partial charge in [-0.3, -0.25) is 10.1 Å². The maximum absolute atomic E-state index is 13.8. The lowest BCUT2D eigenvalue weighted by molar-refractivity contribution is -0.384. The molecular weight excluding hydrogens is 275 g/mol. The fourth-order valence-corrected chi connectivity index (χ4v) is 1.94. The van der Waals surface area contributed by atoms with Crippen molar-refractivity contribution < 1.29 is 14.1 Å². The lowest BCUT2D eigenvalue weighted by Gasteiger charge is -2.12. The van der Waals surface area contributed by atoms with Crippen LogP contribution in [0.15, 0.2) is 36.4 Å². The summed E-state index contributed by atoms with van der Waals surface area (Å²) in [5, 5.41) is 13.7. The molecular formula is C15H15FN2O3. The van der Waals surface area contributed by atoms with Gasteiger partial charge in [0.05, 0.1) is 4.92 Å². The average Bonchev–Trinajstić information content (AvgIpc) is 2.48. The number of ether oxygens (including phenoxy) is 1. The number of anilines is 1. The van der Waals surface area contributed by atoms with Crippen LogP contribution in [0.1, 0.15) is 11.1 Å². The molecule has 0 radical (unpaired) electrons. The summed E-state index contributed by atoms with van der Waals surface area (Å²) in [6.07, 6.45) is 0. The first kappa shape index (κ1) is 14.8. The van der Waals surface area contributed by atoms with Crippen LogP contribution in [0.4, 0.5) is 15.8 Å². The predicted molar refractivity (Wildman–Crippen MR) is 78.1 cm³/mol. The number of nitrogens with one attached hydrogen (secondary N) is 1. The van der Waals surface area contributed by atoms with Crippen molar-refractivity contribution in [2.24, 2.45) is 0 Å². The summed E-state index contributed by atoms with van der Waals surface area (Å²) in [5.74, 6) is -0.294. The molecule has 21 heavy (non-hydrogen) atoms. The summed E-state index contributed by atoms with van der Waals surface area (Å²) in [5.41, 5.74) is 1.75. The van der Waals surface area contributed by atoms with Gasteiger partial charge in [-0.2, -0.15) is 0 Å². The van der Waals surface area contributed by atoms with Gasteiger partial charge in [0.25, 0.3) is 5.69 Å². The number of benzene rings is 2. The molecule has 0 aliphatic heterocycles. The van der Waals surface area contributed by atoms with Gasteiger partial charge in [0.15, 0.2) is 11.6 Å². The third-order valence-electron chi connectivity index (χ3n) is 3.11. The lowest BCUT2D eigenvalue weighted by atomic mass is 10.1. The molecule has 0 unspecified atom stereocenters. The predicted octanol–water partition coefficient (Wildman–Crippen LogP) is 3.66. The molecule has 0 aliphatic rings. The summed E-state index contributed by atoms with van der Waals surface area (Å²) in [4.78, 5) is 10.3. The van der Waals surface area contributed by atoms with Gasteiger partial charge in [0.1, 0.15) is 6.61 Å². The molecule has 2 rings (SSSR count). The summed E-state index contributed by atoms with van der Waals surface area (Å²) >= 11 is 0. The molecule has 0 atom stereocenters. The average molecular weight is 290 g/mol. The molecule has 0 heterocycles. The van der Waals surface area contributed by atoms with Crippen LogP contribution in [0.2, 0.25) is 0 Å². The minimum Gasteiger partial charge on any atom is -0.486 e. The molecule has 0 aliphatic carbocycles. The van der Waals surface area contributed by atoms with Gasteiger partial charge in [-0.1, -0.05) is 12.1 Å². The van der Waals surface area contributed by atoms with E-state index >= 15 is 0 Å². The Hall–Kier alpha value is -2.63. The monoisotopic (exact) mass is 290 g/mol. The van der Waals surface area contributed by atoms with E-state index < -0.39 is 10.7 Å². The van der Waals surface area contributed by atoms with Crippen molar-refractivity contribution >= 4 is 11.4 Å². The maximum Gasteiger partial charge on any atom is 0.269 e. The zero-order valence-corrected chi connectivity index (χ0v) is 11.7. The van der Waals surface area contributed by atoms with Gasteiger partial charge in [0, 0.05) is 30.4 Å². The highest BCUT2D eigenvalue weighted by Gasteiger charge is 2.12. The Labute approximate surface area is 121 Å². The highest BCUT2D eigenvalue weighted by atomic mass is 19.1. The van der Waals surface area contributed by atoms with Crippen molar-refractivity contribution in [2.75, 3.05) is 12.4 Å². The van der Waals surface area contributed by atoms with Crippen LogP contribution in [0.5, 0.6) is 5.75 Å². The van der Waals surface area contributed by atoms with Crippen molar-refractivity contribution in [3.63, 3.8) is 0 Å². The van der Waals surface area contributed by atoms with E-state index in [1.165, 1.54) is 18.2 Å². The molecule has 0 saturated carbocycles. The van der Waals surface area contributed by atoms with Crippen LogP contribution in [-0.2, 0) is 6.61 Å². The van der Waals surface area contributed by atoms with Crippen LogP contribution < -0.4 is 10.1 Å². The van der Waals surface area contributed by atoms with Crippen molar-refractivity contribution in [3.8, 4) is 5.75 Å². The van der Waals surface area contributed by atoms with Crippen LogP contribution in [0.3, 0.4) is 0 Å². The number of hydrogen-bond acceptors (Lipinski definition) is 4. The first-order valence-electron chi connectivity index (χ1n) is 6.36. The first-order valence-corrected chi connectivity index (χ1v) is 6.36. The van der Waals surface area contributed by atoms with E-state index in [2.05, 4.69) is 5.32 Å².